The molecule has 4 rings (SSSR count). The number of ether oxygens (including phenoxy) is 1. The number of fused-ring (bicyclic) bond motifs is 1. The molecule has 0 aromatic heterocycles. The molecule has 0 radical (unpaired) electrons. The van der Waals surface area contributed by atoms with Crippen LogP contribution < -0.4 is 5.32 Å². The number of hydrogen-bond acceptors (Lipinski definition) is 6. The van der Waals surface area contributed by atoms with E-state index in [4.69, 9.17) is 4.74 Å². The molecule has 8 nitrogen and oxygen atoms in total. The Balaban J connectivity index is 1.43. The van der Waals surface area contributed by atoms with Crippen LogP contribution >= 0.6 is 0 Å². The molecule has 1 aliphatic carbocycles. The van der Waals surface area contributed by atoms with Crippen molar-refractivity contribution >= 4 is 31.5 Å². The SMILES string of the molecule is O=C(CCS(=O)(=O)c1ccc2c(c1)CCC2)Nc1ccc(F)c(S(=O)(=O)N2CCOCC2)c1. The minimum Gasteiger partial charge on any atom is -0.379 e. The van der Waals surface area contributed by atoms with E-state index in [1.807, 2.05) is 6.07 Å². The molecule has 33 heavy (non-hydrogen) atoms. The Morgan fingerprint density at radius 3 is 2.48 bits per heavy atom. The maximum atomic E-state index is 14.3. The highest BCUT2D eigenvalue weighted by Crippen LogP contribution is 2.26. The molecule has 0 atom stereocenters. The quantitative estimate of drug-likeness (QED) is 0.629. The molecule has 2 aromatic rings. The molecule has 0 spiro atoms. The molecule has 1 fully saturated rings. The van der Waals surface area contributed by atoms with Gasteiger partial charge in [-0.15, -0.1) is 0 Å². The van der Waals surface area contributed by atoms with Gasteiger partial charge in [-0.1, -0.05) is 6.07 Å². The van der Waals surface area contributed by atoms with Crippen molar-refractivity contribution in [2.45, 2.75) is 35.5 Å². The lowest BCUT2D eigenvalue weighted by molar-refractivity contribution is -0.115. The third-order valence-electron chi connectivity index (χ3n) is 5.83. The molecule has 1 heterocycles. The molecule has 0 bridgehead atoms. The maximum absolute atomic E-state index is 14.3. The van der Waals surface area contributed by atoms with Crippen molar-refractivity contribution in [2.75, 3.05) is 37.4 Å². The summed E-state index contributed by atoms with van der Waals surface area (Å²) in [5.41, 5.74) is 2.26. The summed E-state index contributed by atoms with van der Waals surface area (Å²) in [6.45, 7) is 0.657. The predicted molar refractivity (Wildman–Crippen MR) is 120 cm³/mol. The second-order valence-electron chi connectivity index (χ2n) is 8.06. The molecule has 1 aliphatic heterocycles. The van der Waals surface area contributed by atoms with E-state index in [9.17, 15) is 26.0 Å². The van der Waals surface area contributed by atoms with E-state index in [2.05, 4.69) is 5.32 Å². The van der Waals surface area contributed by atoms with Crippen molar-refractivity contribution in [1.82, 2.24) is 4.31 Å². The monoisotopic (exact) mass is 496 g/mol. The van der Waals surface area contributed by atoms with Crippen LogP contribution in [-0.2, 0) is 42.2 Å². The minimum absolute atomic E-state index is 0.0724. The van der Waals surface area contributed by atoms with Gasteiger partial charge in [0.25, 0.3) is 0 Å². The highest BCUT2D eigenvalue weighted by molar-refractivity contribution is 7.91. The Bertz CT molecular complexity index is 1270. The lowest BCUT2D eigenvalue weighted by Crippen LogP contribution is -2.40. The van der Waals surface area contributed by atoms with Crippen LogP contribution in [0.3, 0.4) is 0 Å². The first-order chi connectivity index (χ1) is 15.7. The number of anilines is 1. The molecule has 2 aliphatic rings. The van der Waals surface area contributed by atoms with Gasteiger partial charge >= 0.3 is 0 Å². The third-order valence-corrected chi connectivity index (χ3v) is 9.46. The Morgan fingerprint density at radius 1 is 1.00 bits per heavy atom. The predicted octanol–water partition coefficient (Wildman–Crippen LogP) is 2.14. The van der Waals surface area contributed by atoms with Gasteiger partial charge in [-0.05, 0) is 60.7 Å². The fourth-order valence-electron chi connectivity index (χ4n) is 4.01. The first kappa shape index (κ1) is 23.8. The molecule has 2 aromatic carbocycles. The van der Waals surface area contributed by atoms with Gasteiger partial charge in [-0.2, -0.15) is 4.31 Å². The Labute approximate surface area is 192 Å². The summed E-state index contributed by atoms with van der Waals surface area (Å²) in [6, 6.07) is 8.32. The van der Waals surface area contributed by atoms with Crippen LogP contribution in [0.5, 0.6) is 0 Å². The number of carbonyl (C=O) groups excluding carboxylic acids is 1. The van der Waals surface area contributed by atoms with Gasteiger partial charge in [-0.3, -0.25) is 4.79 Å². The molecule has 0 saturated carbocycles. The van der Waals surface area contributed by atoms with Crippen LogP contribution in [0.25, 0.3) is 0 Å². The average molecular weight is 497 g/mol. The first-order valence-corrected chi connectivity index (χ1v) is 13.8. The smallest absolute Gasteiger partial charge is 0.246 e. The highest BCUT2D eigenvalue weighted by atomic mass is 32.2. The number of morpholine rings is 1. The van der Waals surface area contributed by atoms with Crippen molar-refractivity contribution in [3.8, 4) is 0 Å². The van der Waals surface area contributed by atoms with Gasteiger partial charge in [0.05, 0.1) is 23.9 Å². The van der Waals surface area contributed by atoms with Crippen molar-refractivity contribution in [2.24, 2.45) is 0 Å². The van der Waals surface area contributed by atoms with Gasteiger partial charge in [0, 0.05) is 25.2 Å². The summed E-state index contributed by atoms with van der Waals surface area (Å²) in [5, 5.41) is 2.47. The van der Waals surface area contributed by atoms with E-state index in [1.165, 1.54) is 6.07 Å². The molecule has 1 saturated heterocycles. The number of hydrogen-bond donors (Lipinski definition) is 1. The van der Waals surface area contributed by atoms with Gasteiger partial charge in [0.2, 0.25) is 15.9 Å². The van der Waals surface area contributed by atoms with Crippen LogP contribution in [0, 0.1) is 5.82 Å². The van der Waals surface area contributed by atoms with Crippen LogP contribution in [0.15, 0.2) is 46.2 Å². The topological polar surface area (TPSA) is 110 Å². The summed E-state index contributed by atoms with van der Waals surface area (Å²) < 4.78 is 71.5. The Hall–Kier alpha value is -2.34. The number of nitrogens with one attached hydrogen (secondary N) is 1. The fourth-order valence-corrected chi connectivity index (χ4v) is 6.80. The number of amides is 1. The zero-order valence-corrected chi connectivity index (χ0v) is 19.6. The number of carbonyl (C=O) groups is 1. The summed E-state index contributed by atoms with van der Waals surface area (Å²) in [4.78, 5) is 12.0. The third kappa shape index (κ3) is 5.26. The van der Waals surface area contributed by atoms with E-state index >= 15 is 0 Å². The summed E-state index contributed by atoms with van der Waals surface area (Å²) in [5.74, 6) is -1.93. The molecule has 0 unspecified atom stereocenters. The van der Waals surface area contributed by atoms with Crippen LogP contribution in [-0.4, -0.2) is 59.1 Å². The molecule has 11 heteroatoms. The number of nitrogens with zero attached hydrogens (tertiary/aromatic N) is 1. The molecular formula is C22H25FN2O6S2. The van der Waals surface area contributed by atoms with E-state index in [0.29, 0.717) is 0 Å². The number of rotatable bonds is 7. The van der Waals surface area contributed by atoms with E-state index in [-0.39, 0.29) is 43.3 Å². The zero-order valence-electron chi connectivity index (χ0n) is 17.9. The van der Waals surface area contributed by atoms with E-state index < -0.39 is 42.2 Å². The number of sulfone groups is 1. The maximum Gasteiger partial charge on any atom is 0.246 e. The van der Waals surface area contributed by atoms with Gasteiger partial charge < -0.3 is 10.1 Å². The van der Waals surface area contributed by atoms with Crippen molar-refractivity contribution in [3.63, 3.8) is 0 Å². The largest absolute Gasteiger partial charge is 0.379 e. The second-order valence-corrected chi connectivity index (χ2v) is 12.1. The number of aryl methyl sites for hydroxylation is 2. The number of benzene rings is 2. The summed E-state index contributed by atoms with van der Waals surface area (Å²) >= 11 is 0. The summed E-state index contributed by atoms with van der Waals surface area (Å²) in [6.07, 6.45) is 2.48. The molecule has 1 N–H and O–H groups in total. The first-order valence-electron chi connectivity index (χ1n) is 10.7. The normalized spacial score (nSPS) is 17.0. The van der Waals surface area contributed by atoms with Crippen LogP contribution in [0.2, 0.25) is 0 Å². The molecule has 178 valence electrons. The minimum atomic E-state index is -4.10. The zero-order chi connectivity index (χ0) is 23.6. The van der Waals surface area contributed by atoms with Crippen molar-refractivity contribution < 1.29 is 30.8 Å². The Kier molecular flexibility index (Phi) is 6.85. The average Bonchev–Trinajstić information content (AvgIpc) is 3.28. The highest BCUT2D eigenvalue weighted by Gasteiger charge is 2.29. The number of sulfonamides is 1. The van der Waals surface area contributed by atoms with Gasteiger partial charge in [0.1, 0.15) is 10.7 Å². The molecular weight excluding hydrogens is 471 g/mol. The van der Waals surface area contributed by atoms with Crippen LogP contribution in [0.4, 0.5) is 10.1 Å². The molecule has 1 amide bonds. The fraction of sp³-hybridized carbons (Fsp3) is 0.409. The summed E-state index contributed by atoms with van der Waals surface area (Å²) in [7, 11) is -7.75. The lowest BCUT2D eigenvalue weighted by Gasteiger charge is -2.26. The van der Waals surface area contributed by atoms with E-state index in [1.54, 1.807) is 12.1 Å². The second kappa shape index (κ2) is 9.49. The van der Waals surface area contributed by atoms with E-state index in [0.717, 1.165) is 46.8 Å². The van der Waals surface area contributed by atoms with Gasteiger partial charge in [0.15, 0.2) is 9.84 Å². The Morgan fingerprint density at radius 2 is 1.73 bits per heavy atom. The van der Waals surface area contributed by atoms with Crippen LogP contribution in [0.1, 0.15) is 24.0 Å². The standard InChI is InChI=1S/C22H25FN2O6S2/c23-20-7-5-18(15-21(20)33(29,30)25-9-11-31-12-10-25)24-22(26)8-13-32(27,28)19-6-4-16-2-1-3-17(16)14-19/h4-7,14-15H,1-3,8-13H2,(H,24,26). The van der Waals surface area contributed by atoms with Crippen molar-refractivity contribution in [3.05, 3.63) is 53.3 Å². The van der Waals surface area contributed by atoms with Gasteiger partial charge in [-0.25, -0.2) is 21.2 Å². The number of halogens is 1. The van der Waals surface area contributed by atoms with Crippen molar-refractivity contribution in [1.29, 1.82) is 0 Å². The lowest BCUT2D eigenvalue weighted by atomic mass is 10.1.